The molecule has 1 aromatic carbocycles. The van der Waals surface area contributed by atoms with Crippen molar-refractivity contribution in [2.45, 2.75) is 75.5 Å². The Morgan fingerprint density at radius 1 is 0.976 bits per heavy atom. The van der Waals surface area contributed by atoms with Crippen LogP contribution in [0.2, 0.25) is 0 Å². The molecule has 4 aliphatic rings. The van der Waals surface area contributed by atoms with Gasteiger partial charge in [-0.1, -0.05) is 55.0 Å². The van der Waals surface area contributed by atoms with Crippen molar-refractivity contribution in [1.29, 1.82) is 0 Å². The molecule has 3 nitrogen and oxygen atoms in total. The van der Waals surface area contributed by atoms with Gasteiger partial charge >= 0.3 is 12.1 Å². The van der Waals surface area contributed by atoms with E-state index in [0.717, 1.165) is 33.4 Å². The van der Waals surface area contributed by atoms with E-state index in [1.165, 1.54) is 6.92 Å². The van der Waals surface area contributed by atoms with E-state index in [1.54, 1.807) is 18.5 Å². The Morgan fingerprint density at radius 2 is 1.71 bits per heavy atom. The van der Waals surface area contributed by atoms with Crippen LogP contribution < -0.4 is 0 Å². The fraction of sp³-hybridized carbons (Fsp3) is 0.455. The molecular weight excluding hydrogens is 537 g/mol. The number of benzene rings is 1. The number of ketones is 1. The number of fused-ring (bicyclic) bond motifs is 4. The topological polar surface area (TPSA) is 50.2 Å². The summed E-state index contributed by atoms with van der Waals surface area (Å²) in [5, 5.41) is 11.4. The highest BCUT2D eigenvalue weighted by atomic mass is 19.4. The van der Waals surface area contributed by atoms with Gasteiger partial charge in [-0.2, -0.15) is 22.0 Å². The van der Waals surface area contributed by atoms with Crippen LogP contribution in [0.4, 0.5) is 22.0 Å². The minimum absolute atomic E-state index is 0.0265. The van der Waals surface area contributed by atoms with E-state index >= 15 is 8.78 Å². The van der Waals surface area contributed by atoms with E-state index in [4.69, 9.17) is 0 Å². The summed E-state index contributed by atoms with van der Waals surface area (Å²) in [5.41, 5.74) is 0.877. The van der Waals surface area contributed by atoms with Gasteiger partial charge in [0.15, 0.2) is 5.78 Å². The summed E-state index contributed by atoms with van der Waals surface area (Å²) in [6, 6.07) is 11.4. The van der Waals surface area contributed by atoms with Crippen LogP contribution in [0.25, 0.3) is 12.2 Å². The smallest absolute Gasteiger partial charge is 0.383 e. The number of aliphatic hydroxyl groups is 1. The molecule has 0 radical (unpaired) electrons. The monoisotopic (exact) mass is 569 g/mol. The Kier molecular flexibility index (Phi) is 6.64. The highest BCUT2D eigenvalue weighted by Crippen LogP contribution is 2.70. The highest BCUT2D eigenvalue weighted by molar-refractivity contribution is 5.93. The molecule has 6 rings (SSSR count). The van der Waals surface area contributed by atoms with Crippen LogP contribution in [-0.2, 0) is 4.79 Å². The van der Waals surface area contributed by atoms with E-state index in [0.29, 0.717) is 25.7 Å². The molecule has 2 saturated carbocycles. The van der Waals surface area contributed by atoms with Crippen molar-refractivity contribution in [3.8, 4) is 0 Å². The summed E-state index contributed by atoms with van der Waals surface area (Å²) in [6.45, 7) is 1.44. The van der Waals surface area contributed by atoms with Crippen molar-refractivity contribution in [1.82, 2.24) is 4.98 Å². The van der Waals surface area contributed by atoms with Crippen molar-refractivity contribution in [3.05, 3.63) is 88.3 Å². The quantitative estimate of drug-likeness (QED) is 0.379. The molecule has 5 atom stereocenters. The second-order valence-corrected chi connectivity index (χ2v) is 12.3. The highest BCUT2D eigenvalue weighted by Gasteiger charge is 2.79. The molecule has 0 spiro atoms. The first kappa shape index (κ1) is 28.0. The van der Waals surface area contributed by atoms with Crippen LogP contribution >= 0.6 is 0 Å². The number of carbonyl (C=O) groups excluding carboxylic acids is 1. The van der Waals surface area contributed by atoms with Gasteiger partial charge in [0, 0.05) is 30.1 Å². The lowest BCUT2D eigenvalue weighted by atomic mass is 9.50. The third kappa shape index (κ3) is 4.32. The number of allylic oxidation sites excluding steroid dienone is 4. The van der Waals surface area contributed by atoms with E-state index < -0.39 is 41.4 Å². The lowest BCUT2D eigenvalue weighted by Crippen LogP contribution is -2.65. The fourth-order valence-electron chi connectivity index (χ4n) is 8.22. The van der Waals surface area contributed by atoms with Gasteiger partial charge in [0.2, 0.25) is 0 Å². The average Bonchev–Trinajstić information content (AvgIpc) is 3.23. The van der Waals surface area contributed by atoms with Crippen molar-refractivity contribution < 1.29 is 31.9 Å². The lowest BCUT2D eigenvalue weighted by molar-refractivity contribution is -0.362. The van der Waals surface area contributed by atoms with Crippen LogP contribution in [0.5, 0.6) is 0 Å². The largest absolute Gasteiger partial charge is 0.456 e. The van der Waals surface area contributed by atoms with Gasteiger partial charge in [-0.3, -0.25) is 9.78 Å². The van der Waals surface area contributed by atoms with Crippen molar-refractivity contribution >= 4 is 17.9 Å². The zero-order chi connectivity index (χ0) is 29.2. The second kappa shape index (κ2) is 9.72. The van der Waals surface area contributed by atoms with Gasteiger partial charge < -0.3 is 5.11 Å². The zero-order valence-corrected chi connectivity index (χ0v) is 22.7. The van der Waals surface area contributed by atoms with Crippen molar-refractivity contribution in [3.63, 3.8) is 0 Å². The third-order valence-corrected chi connectivity index (χ3v) is 10.3. The molecule has 1 aromatic heterocycles. The maximum Gasteiger partial charge on any atom is 0.456 e. The van der Waals surface area contributed by atoms with Crippen LogP contribution in [0.15, 0.2) is 71.6 Å². The van der Waals surface area contributed by atoms with E-state index in [-0.39, 0.29) is 24.5 Å². The predicted molar refractivity (Wildman–Crippen MR) is 146 cm³/mol. The zero-order valence-electron chi connectivity index (χ0n) is 22.7. The first-order chi connectivity index (χ1) is 19.4. The molecule has 41 heavy (non-hydrogen) atoms. The Hall–Kier alpha value is -3.13. The van der Waals surface area contributed by atoms with E-state index in [9.17, 15) is 23.1 Å². The number of hydrogen-bond acceptors (Lipinski definition) is 3. The molecule has 0 unspecified atom stereocenters. The first-order valence-electron chi connectivity index (χ1n) is 14.2. The maximum atomic E-state index is 15.1. The average molecular weight is 570 g/mol. The van der Waals surface area contributed by atoms with E-state index in [2.05, 4.69) is 4.98 Å². The van der Waals surface area contributed by atoms with Crippen LogP contribution in [-0.4, -0.2) is 33.6 Å². The van der Waals surface area contributed by atoms with Crippen LogP contribution in [0.3, 0.4) is 0 Å². The molecule has 1 N–H and O–H groups in total. The summed E-state index contributed by atoms with van der Waals surface area (Å²) in [7, 11) is 0. The number of pyridine rings is 1. The minimum Gasteiger partial charge on any atom is -0.383 e. The number of rotatable bonds is 4. The predicted octanol–water partition coefficient (Wildman–Crippen LogP) is 8.08. The molecule has 1 heterocycles. The molecule has 2 fully saturated rings. The second-order valence-electron chi connectivity index (χ2n) is 12.3. The van der Waals surface area contributed by atoms with Gasteiger partial charge in [-0.15, -0.1) is 0 Å². The van der Waals surface area contributed by atoms with Crippen LogP contribution in [0, 0.1) is 17.3 Å². The number of aromatic nitrogens is 1. The molecule has 0 bridgehead atoms. The number of alkyl halides is 5. The summed E-state index contributed by atoms with van der Waals surface area (Å²) < 4.78 is 71.5. The molecule has 2 aromatic rings. The molecule has 0 aliphatic heterocycles. The van der Waals surface area contributed by atoms with Crippen molar-refractivity contribution in [2.75, 3.05) is 0 Å². The minimum atomic E-state index is -5.86. The molecular formula is C33H32F5NO2. The molecule has 216 valence electrons. The standard InChI is InChI=1S/C33H32F5NO2/c1-30-18-27(22-8-6-20(7-9-22)4-5-21-3-2-16-39-19-21)29-25-13-11-24(40)17-23(25)10-12-26(29)28(30)14-15-31(30,41)32(34,35)33(36,37)38/h2-9,16-17,19,26-28,41H,10-15,18H2,1H3/t26-,27+,28-,30-,31-/m0/s1. The number of nitrogens with zero attached hydrogens (tertiary/aromatic N) is 1. The fourth-order valence-corrected chi connectivity index (χ4v) is 8.22. The molecule has 0 saturated heterocycles. The first-order valence-corrected chi connectivity index (χ1v) is 14.2. The Bertz CT molecular complexity index is 1440. The third-order valence-electron chi connectivity index (χ3n) is 10.3. The van der Waals surface area contributed by atoms with E-state index in [1.807, 2.05) is 48.6 Å². The Labute approximate surface area is 235 Å². The molecule has 8 heteroatoms. The van der Waals surface area contributed by atoms with Gasteiger partial charge in [0.25, 0.3) is 0 Å². The number of halogens is 5. The summed E-state index contributed by atoms with van der Waals surface area (Å²) in [6.07, 6.45) is 4.62. The van der Waals surface area contributed by atoms with Crippen molar-refractivity contribution in [2.24, 2.45) is 17.3 Å². The maximum absolute atomic E-state index is 15.1. The van der Waals surface area contributed by atoms with Gasteiger partial charge in [-0.25, -0.2) is 0 Å². The Balaban J connectivity index is 1.44. The summed E-state index contributed by atoms with van der Waals surface area (Å²) in [4.78, 5) is 16.3. The SMILES string of the molecule is C[C@]12C[C@H](c3ccc(C=Cc4cccnc4)cc3)C3=C4CCC(=O)C=C4CC[C@H]3[C@@H]1CC[C@@]2(O)C(F)(F)C(F)(F)F. The lowest BCUT2D eigenvalue weighted by Gasteiger charge is -2.56. The van der Waals surface area contributed by atoms with Gasteiger partial charge in [0.1, 0.15) is 5.60 Å². The molecule has 4 aliphatic carbocycles. The summed E-state index contributed by atoms with van der Waals surface area (Å²) >= 11 is 0. The van der Waals surface area contributed by atoms with Crippen LogP contribution in [0.1, 0.15) is 74.5 Å². The Morgan fingerprint density at radius 3 is 2.39 bits per heavy atom. The summed E-state index contributed by atoms with van der Waals surface area (Å²) in [5.74, 6) is -6.37. The normalized spacial score (nSPS) is 32.0. The molecule has 0 amide bonds. The van der Waals surface area contributed by atoms with Gasteiger partial charge in [-0.05, 0) is 90.3 Å². The number of hydrogen-bond donors (Lipinski definition) is 1. The van der Waals surface area contributed by atoms with Gasteiger partial charge in [0.05, 0.1) is 0 Å². The number of carbonyl (C=O) groups is 1.